The Morgan fingerprint density at radius 1 is 0.972 bits per heavy atom. The predicted octanol–water partition coefficient (Wildman–Crippen LogP) is 2.63. The van der Waals surface area contributed by atoms with Crippen LogP contribution in [0.15, 0.2) is 59.5 Å². The van der Waals surface area contributed by atoms with Crippen molar-refractivity contribution in [3.05, 3.63) is 60.2 Å². The lowest BCUT2D eigenvalue weighted by molar-refractivity contribution is -0.138. The van der Waals surface area contributed by atoms with Crippen molar-refractivity contribution >= 4 is 28.0 Å². The van der Waals surface area contributed by atoms with Gasteiger partial charge in [0.25, 0.3) is 0 Å². The van der Waals surface area contributed by atoms with E-state index in [0.717, 1.165) is 35.8 Å². The van der Waals surface area contributed by atoms with E-state index in [4.69, 9.17) is 9.84 Å². The number of ether oxygens (including phenoxy) is 1. The molecule has 11 heteroatoms. The fraction of sp³-hybridized carbons (Fsp3) is 0.400. The van der Waals surface area contributed by atoms with Crippen LogP contribution in [-0.4, -0.2) is 72.9 Å². The van der Waals surface area contributed by atoms with E-state index in [1.54, 1.807) is 23.1 Å². The summed E-state index contributed by atoms with van der Waals surface area (Å²) in [7, 11) is -3.75. The zero-order chi connectivity index (χ0) is 26.1. The van der Waals surface area contributed by atoms with Gasteiger partial charge in [0.15, 0.2) is 0 Å². The fourth-order valence-electron chi connectivity index (χ4n) is 3.97. The third-order valence-electron chi connectivity index (χ3n) is 5.86. The zero-order valence-corrected chi connectivity index (χ0v) is 20.9. The van der Waals surface area contributed by atoms with Crippen molar-refractivity contribution in [1.29, 1.82) is 0 Å². The van der Waals surface area contributed by atoms with Crippen LogP contribution in [0.2, 0.25) is 0 Å². The molecule has 1 unspecified atom stereocenters. The third-order valence-corrected chi connectivity index (χ3v) is 7.78. The first-order valence-electron chi connectivity index (χ1n) is 11.8. The van der Waals surface area contributed by atoms with E-state index < -0.39 is 34.5 Å². The molecule has 2 heterocycles. The maximum absolute atomic E-state index is 12.5. The first kappa shape index (κ1) is 27.2. The van der Waals surface area contributed by atoms with E-state index in [-0.39, 0.29) is 17.5 Å². The van der Waals surface area contributed by atoms with Crippen LogP contribution in [0.5, 0.6) is 5.75 Å². The summed E-state index contributed by atoms with van der Waals surface area (Å²) in [5.74, 6) is -1.12. The Labute approximate surface area is 210 Å². The van der Waals surface area contributed by atoms with Gasteiger partial charge in [-0.15, -0.1) is 0 Å². The minimum absolute atomic E-state index is 0.128. The molecule has 4 rings (SSSR count). The zero-order valence-electron chi connectivity index (χ0n) is 20.1. The molecule has 0 bridgehead atoms. The monoisotopic (exact) mass is 517 g/mol. The standard InChI is InChI=1S/C13H16N2O5S.C12H15NO2/c16-12(17)9-14-13(18)11-7-4-8-15(11)21(19,20)10-5-2-1-3-6-10;1-10-4-6-11(7-5-10)15-12(14)13-8-2-3-9-13/h1-3,5-6,11H,4,7-9H2,(H,14,18)(H,16,17);4-7H,2-3,8-9H2,1H3. The van der Waals surface area contributed by atoms with Gasteiger partial charge in [-0.2, -0.15) is 4.31 Å². The first-order chi connectivity index (χ1) is 17.2. The van der Waals surface area contributed by atoms with Gasteiger partial charge in [-0.3, -0.25) is 9.59 Å². The van der Waals surface area contributed by atoms with Crippen molar-refractivity contribution in [2.45, 2.75) is 43.5 Å². The number of sulfonamides is 1. The smallest absolute Gasteiger partial charge is 0.415 e. The van der Waals surface area contributed by atoms with Gasteiger partial charge in [0, 0.05) is 19.6 Å². The fourth-order valence-corrected chi connectivity index (χ4v) is 5.65. The van der Waals surface area contributed by atoms with E-state index in [1.165, 1.54) is 12.1 Å². The lowest BCUT2D eigenvalue weighted by Gasteiger charge is -2.23. The van der Waals surface area contributed by atoms with Crippen LogP contribution in [-0.2, 0) is 19.6 Å². The predicted molar refractivity (Wildman–Crippen MR) is 132 cm³/mol. The van der Waals surface area contributed by atoms with Crippen LogP contribution in [0.1, 0.15) is 31.2 Å². The Kier molecular flexibility index (Phi) is 9.43. The molecule has 0 aromatic heterocycles. The molecule has 2 aromatic carbocycles. The van der Waals surface area contributed by atoms with Crippen molar-refractivity contribution < 1.29 is 32.6 Å². The molecular formula is C25H31N3O7S. The summed E-state index contributed by atoms with van der Waals surface area (Å²) < 4.78 is 31.4. The number of hydrogen-bond donors (Lipinski definition) is 2. The van der Waals surface area contributed by atoms with E-state index in [2.05, 4.69) is 5.32 Å². The normalized spacial score (nSPS) is 17.7. The minimum Gasteiger partial charge on any atom is -0.480 e. The van der Waals surface area contributed by atoms with E-state index in [1.807, 2.05) is 31.2 Å². The quantitative estimate of drug-likeness (QED) is 0.602. The van der Waals surface area contributed by atoms with Crippen molar-refractivity contribution in [1.82, 2.24) is 14.5 Å². The van der Waals surface area contributed by atoms with Gasteiger partial charge < -0.3 is 20.1 Å². The summed E-state index contributed by atoms with van der Waals surface area (Å²) in [6, 6.07) is 14.5. The van der Waals surface area contributed by atoms with Gasteiger partial charge in [0.2, 0.25) is 15.9 Å². The van der Waals surface area contributed by atoms with Crippen LogP contribution < -0.4 is 10.1 Å². The highest BCUT2D eigenvalue weighted by molar-refractivity contribution is 7.89. The van der Waals surface area contributed by atoms with Crippen molar-refractivity contribution in [3.63, 3.8) is 0 Å². The summed E-state index contributed by atoms with van der Waals surface area (Å²) >= 11 is 0. The maximum atomic E-state index is 12.5. The van der Waals surface area contributed by atoms with Crippen LogP contribution in [0.25, 0.3) is 0 Å². The highest BCUT2D eigenvalue weighted by Crippen LogP contribution is 2.26. The number of carboxylic acids is 1. The molecule has 2 N–H and O–H groups in total. The molecule has 2 aromatic rings. The summed E-state index contributed by atoms with van der Waals surface area (Å²) in [4.78, 5) is 35.9. The number of carbonyl (C=O) groups is 3. The second-order valence-electron chi connectivity index (χ2n) is 8.57. The van der Waals surface area contributed by atoms with Crippen LogP contribution in [0.3, 0.4) is 0 Å². The van der Waals surface area contributed by atoms with Gasteiger partial charge >= 0.3 is 12.1 Å². The maximum Gasteiger partial charge on any atom is 0.415 e. The molecule has 2 aliphatic rings. The Bertz CT molecular complexity index is 1150. The lowest BCUT2D eigenvalue weighted by atomic mass is 10.2. The summed E-state index contributed by atoms with van der Waals surface area (Å²) in [6.07, 6.45) is 2.90. The van der Waals surface area contributed by atoms with Crippen molar-refractivity contribution in [2.75, 3.05) is 26.2 Å². The average molecular weight is 518 g/mol. The average Bonchev–Trinajstić information content (AvgIpc) is 3.58. The number of carboxylic acid groups (broad SMARTS) is 1. The number of likely N-dealkylation sites (tertiary alicyclic amines) is 1. The molecule has 2 saturated heterocycles. The number of aliphatic carboxylic acids is 1. The van der Waals surface area contributed by atoms with Crippen molar-refractivity contribution in [2.24, 2.45) is 0 Å². The molecule has 1 atom stereocenters. The van der Waals surface area contributed by atoms with Gasteiger partial charge in [0.05, 0.1) is 4.90 Å². The molecule has 0 aliphatic carbocycles. The van der Waals surface area contributed by atoms with Gasteiger partial charge in [-0.1, -0.05) is 35.9 Å². The molecule has 0 saturated carbocycles. The summed E-state index contributed by atoms with van der Waals surface area (Å²) in [6.45, 7) is 3.39. The van der Waals surface area contributed by atoms with Crippen molar-refractivity contribution in [3.8, 4) is 5.75 Å². The number of amides is 2. The topological polar surface area (TPSA) is 133 Å². The van der Waals surface area contributed by atoms with Crippen LogP contribution >= 0.6 is 0 Å². The number of nitrogens with one attached hydrogen (secondary N) is 1. The molecule has 10 nitrogen and oxygen atoms in total. The van der Waals surface area contributed by atoms with Crippen LogP contribution in [0.4, 0.5) is 4.79 Å². The molecule has 0 radical (unpaired) electrons. The van der Waals surface area contributed by atoms with Gasteiger partial charge in [0.1, 0.15) is 18.3 Å². The summed E-state index contributed by atoms with van der Waals surface area (Å²) in [5, 5.41) is 10.8. The number of aryl methyl sites for hydroxylation is 1. The number of nitrogens with zero attached hydrogens (tertiary/aromatic N) is 2. The lowest BCUT2D eigenvalue weighted by Crippen LogP contribution is -2.46. The molecule has 2 amide bonds. The third kappa shape index (κ3) is 7.28. The second kappa shape index (κ2) is 12.5. The Morgan fingerprint density at radius 3 is 2.22 bits per heavy atom. The Hall–Kier alpha value is -3.44. The number of rotatable bonds is 6. The molecule has 2 aliphatic heterocycles. The highest BCUT2D eigenvalue weighted by atomic mass is 32.2. The summed E-state index contributed by atoms with van der Waals surface area (Å²) in [5.41, 5.74) is 1.16. The highest BCUT2D eigenvalue weighted by Gasteiger charge is 2.39. The molecule has 194 valence electrons. The number of hydrogen-bond acceptors (Lipinski definition) is 6. The van der Waals surface area contributed by atoms with Gasteiger partial charge in [-0.05, 0) is 56.9 Å². The molecule has 2 fully saturated rings. The SMILES string of the molecule is Cc1ccc(OC(=O)N2CCCC2)cc1.O=C(O)CNC(=O)C1CCCN1S(=O)(=O)c1ccccc1. The molecule has 36 heavy (non-hydrogen) atoms. The van der Waals surface area contributed by atoms with E-state index >= 15 is 0 Å². The van der Waals surface area contributed by atoms with Gasteiger partial charge in [-0.25, -0.2) is 13.2 Å². The first-order valence-corrected chi connectivity index (χ1v) is 13.2. The molecular weight excluding hydrogens is 486 g/mol. The molecule has 0 spiro atoms. The minimum atomic E-state index is -3.75. The second-order valence-corrected chi connectivity index (χ2v) is 10.5. The Morgan fingerprint density at radius 2 is 1.61 bits per heavy atom. The van der Waals surface area contributed by atoms with E-state index in [0.29, 0.717) is 18.6 Å². The number of carbonyl (C=O) groups excluding carboxylic acids is 2. The van der Waals surface area contributed by atoms with E-state index in [9.17, 15) is 22.8 Å². The largest absolute Gasteiger partial charge is 0.480 e. The number of benzene rings is 2. The van der Waals surface area contributed by atoms with Crippen LogP contribution in [0, 0.1) is 6.92 Å². The Balaban J connectivity index is 0.000000212.